The van der Waals surface area contributed by atoms with E-state index in [0.29, 0.717) is 6.42 Å². The summed E-state index contributed by atoms with van der Waals surface area (Å²) in [6.45, 7) is 0.258. The summed E-state index contributed by atoms with van der Waals surface area (Å²) >= 11 is 0. The predicted molar refractivity (Wildman–Crippen MR) is 153 cm³/mol. The van der Waals surface area contributed by atoms with Crippen molar-refractivity contribution in [3.63, 3.8) is 0 Å². The van der Waals surface area contributed by atoms with Gasteiger partial charge in [-0.2, -0.15) is 0 Å². The molecule has 0 spiro atoms. The number of ketones is 1. The number of carbonyl (C=O) groups excluding carboxylic acids is 2. The molecule has 0 heterocycles. The highest BCUT2D eigenvalue weighted by Gasteiger charge is 2.47. The van der Waals surface area contributed by atoms with Crippen molar-refractivity contribution in [3.05, 3.63) is 102 Å². The fraction of sp³-hybridized carbons (Fsp3) is 0.323. The second-order valence-electron chi connectivity index (χ2n) is 10.1. The number of hydrogen-bond acceptors (Lipinski definition) is 5. The molecule has 0 aliphatic heterocycles. The van der Waals surface area contributed by atoms with Crippen LogP contribution in [0, 0.1) is 5.92 Å². The second-order valence-corrected chi connectivity index (χ2v) is 10.1. The van der Waals surface area contributed by atoms with Crippen molar-refractivity contribution in [1.29, 1.82) is 0 Å². The van der Waals surface area contributed by atoms with Crippen LogP contribution in [0.3, 0.4) is 0 Å². The predicted octanol–water partition coefficient (Wildman–Crippen LogP) is 3.41. The Kier molecular flexibility index (Phi) is 8.99. The molecular formula is C31H37N5O3. The summed E-state index contributed by atoms with van der Waals surface area (Å²) < 4.78 is 5.29. The zero-order chi connectivity index (χ0) is 27.8. The summed E-state index contributed by atoms with van der Waals surface area (Å²) in [7, 11) is 1.61. The molecule has 8 heteroatoms. The number of rotatable bonds is 13. The van der Waals surface area contributed by atoms with Crippen molar-refractivity contribution in [2.24, 2.45) is 28.1 Å². The Hall–Kier alpha value is -4.17. The molecule has 1 amide bonds. The number of methoxy groups -OCH3 is 1. The lowest BCUT2D eigenvalue weighted by atomic mass is 9.76. The maximum Gasteiger partial charge on any atom is 0.248 e. The van der Waals surface area contributed by atoms with Gasteiger partial charge in [0.2, 0.25) is 5.91 Å². The molecule has 0 saturated heterocycles. The number of nitrogens with one attached hydrogen (secondary N) is 1. The van der Waals surface area contributed by atoms with E-state index in [0.717, 1.165) is 35.3 Å². The summed E-state index contributed by atoms with van der Waals surface area (Å²) in [5, 5.41) is 3.15. The first-order valence-electron chi connectivity index (χ1n) is 13.3. The highest BCUT2D eigenvalue weighted by Crippen LogP contribution is 2.42. The summed E-state index contributed by atoms with van der Waals surface area (Å²) in [5.41, 5.74) is 18.6. The van der Waals surface area contributed by atoms with Crippen LogP contribution in [0.1, 0.15) is 54.3 Å². The lowest BCUT2D eigenvalue weighted by Crippen LogP contribution is -2.61. The van der Waals surface area contributed by atoms with E-state index in [1.807, 2.05) is 84.9 Å². The Bertz CT molecular complexity index is 1230. The number of amides is 1. The molecule has 0 unspecified atom stereocenters. The van der Waals surface area contributed by atoms with Crippen LogP contribution in [-0.2, 0) is 9.59 Å². The van der Waals surface area contributed by atoms with Gasteiger partial charge >= 0.3 is 0 Å². The summed E-state index contributed by atoms with van der Waals surface area (Å²) in [6.07, 6.45) is 2.43. The number of nitrogens with zero attached hydrogens (tertiary/aromatic N) is 1. The van der Waals surface area contributed by atoms with Crippen molar-refractivity contribution < 1.29 is 14.3 Å². The molecule has 2 atom stereocenters. The number of hydrogen-bond donors (Lipinski definition) is 4. The van der Waals surface area contributed by atoms with Gasteiger partial charge in [-0.1, -0.05) is 72.8 Å². The van der Waals surface area contributed by atoms with Gasteiger partial charge in [0.1, 0.15) is 5.75 Å². The number of guanidine groups is 1. The average molecular weight is 528 g/mol. The van der Waals surface area contributed by atoms with Crippen molar-refractivity contribution in [2.75, 3.05) is 13.7 Å². The van der Waals surface area contributed by atoms with Crippen LogP contribution in [0.2, 0.25) is 0 Å². The molecule has 7 N–H and O–H groups in total. The van der Waals surface area contributed by atoms with Gasteiger partial charge in [-0.3, -0.25) is 14.6 Å². The maximum atomic E-state index is 14.4. The lowest BCUT2D eigenvalue weighted by molar-refractivity contribution is -0.137. The molecule has 0 radical (unpaired) electrons. The standard InChI is InChI=1S/C31H37N5O3/c1-39-25-17-15-24(16-18-25)27(23-13-14-23)36-29(38)31(34,19-8-20-35-30(32)33)28(37)26(21-9-4-2-5-10-21)22-11-6-3-7-12-22/h2-7,9-12,15-18,23,26-27H,8,13-14,19-20,34H2,1H3,(H,36,38)(H4,32,33,35)/t27-,31+/m0/s1. The van der Waals surface area contributed by atoms with Crippen LogP contribution in [0.5, 0.6) is 5.75 Å². The van der Waals surface area contributed by atoms with E-state index in [4.69, 9.17) is 21.9 Å². The molecule has 39 heavy (non-hydrogen) atoms. The van der Waals surface area contributed by atoms with Crippen LogP contribution in [0.25, 0.3) is 0 Å². The van der Waals surface area contributed by atoms with Crippen LogP contribution < -0.4 is 27.3 Å². The van der Waals surface area contributed by atoms with Gasteiger partial charge in [-0.05, 0) is 60.4 Å². The molecule has 3 aromatic rings. The average Bonchev–Trinajstić information content (AvgIpc) is 3.80. The number of nitrogens with two attached hydrogens (primary N) is 3. The molecule has 3 aromatic carbocycles. The first-order chi connectivity index (χ1) is 18.8. The summed E-state index contributed by atoms with van der Waals surface area (Å²) in [5.74, 6) is -0.619. The topological polar surface area (TPSA) is 146 Å². The molecule has 8 nitrogen and oxygen atoms in total. The number of aliphatic imine (C=N–C) groups is 1. The fourth-order valence-electron chi connectivity index (χ4n) is 4.94. The van der Waals surface area contributed by atoms with Crippen LogP contribution in [0.15, 0.2) is 89.9 Å². The Morgan fingerprint density at radius 1 is 0.923 bits per heavy atom. The molecule has 1 aliphatic rings. The number of Topliss-reactive ketones (excluding diaryl/α,β-unsaturated/α-hetero) is 1. The zero-order valence-corrected chi connectivity index (χ0v) is 22.3. The van der Waals surface area contributed by atoms with E-state index in [9.17, 15) is 9.59 Å². The van der Waals surface area contributed by atoms with Gasteiger partial charge < -0.3 is 27.3 Å². The number of ether oxygens (including phenoxy) is 1. The third-order valence-corrected chi connectivity index (χ3v) is 7.25. The van der Waals surface area contributed by atoms with Crippen molar-refractivity contribution in [3.8, 4) is 5.75 Å². The zero-order valence-electron chi connectivity index (χ0n) is 22.3. The largest absolute Gasteiger partial charge is 0.497 e. The molecule has 4 rings (SSSR count). The molecular weight excluding hydrogens is 490 g/mol. The normalized spacial score (nSPS) is 15.2. The van der Waals surface area contributed by atoms with E-state index >= 15 is 0 Å². The van der Waals surface area contributed by atoms with Crippen LogP contribution in [0.4, 0.5) is 0 Å². The molecule has 1 fully saturated rings. The van der Waals surface area contributed by atoms with E-state index < -0.39 is 17.4 Å². The van der Waals surface area contributed by atoms with Crippen LogP contribution >= 0.6 is 0 Å². The second kappa shape index (κ2) is 12.6. The van der Waals surface area contributed by atoms with Crippen molar-refractivity contribution in [1.82, 2.24) is 5.32 Å². The molecule has 1 saturated carbocycles. The van der Waals surface area contributed by atoms with Crippen molar-refractivity contribution >= 4 is 17.6 Å². The Morgan fingerprint density at radius 2 is 1.49 bits per heavy atom. The minimum Gasteiger partial charge on any atom is -0.497 e. The first kappa shape index (κ1) is 27.9. The van der Waals surface area contributed by atoms with Crippen molar-refractivity contribution in [2.45, 2.75) is 43.2 Å². The molecule has 1 aliphatic carbocycles. The maximum absolute atomic E-state index is 14.4. The van der Waals surface area contributed by atoms with Gasteiger partial charge in [-0.25, -0.2) is 0 Å². The molecule has 0 bridgehead atoms. The Morgan fingerprint density at radius 3 is 1.97 bits per heavy atom. The monoisotopic (exact) mass is 527 g/mol. The summed E-state index contributed by atoms with van der Waals surface area (Å²) in [6, 6.07) is 26.2. The molecule has 204 valence electrons. The van der Waals surface area contributed by atoms with E-state index in [2.05, 4.69) is 10.3 Å². The van der Waals surface area contributed by atoms with E-state index in [1.54, 1.807) is 7.11 Å². The van der Waals surface area contributed by atoms with Gasteiger partial charge in [0, 0.05) is 6.54 Å². The minimum atomic E-state index is -1.81. The third kappa shape index (κ3) is 6.83. The summed E-state index contributed by atoms with van der Waals surface area (Å²) in [4.78, 5) is 32.5. The Balaban J connectivity index is 1.68. The fourth-order valence-corrected chi connectivity index (χ4v) is 4.94. The van der Waals surface area contributed by atoms with Gasteiger partial charge in [0.15, 0.2) is 17.3 Å². The lowest BCUT2D eigenvalue weighted by Gasteiger charge is -2.33. The van der Waals surface area contributed by atoms with Crippen LogP contribution in [-0.4, -0.2) is 36.8 Å². The van der Waals surface area contributed by atoms with Gasteiger partial charge in [0.25, 0.3) is 0 Å². The highest BCUT2D eigenvalue weighted by molar-refractivity contribution is 6.14. The van der Waals surface area contributed by atoms with Gasteiger partial charge in [-0.15, -0.1) is 0 Å². The van der Waals surface area contributed by atoms with Gasteiger partial charge in [0.05, 0.1) is 19.1 Å². The quantitative estimate of drug-likeness (QED) is 0.116. The SMILES string of the molecule is COc1ccc([C@@H](NC(=O)[C@@](N)(CCCN=C(N)N)C(=O)C(c2ccccc2)c2ccccc2)C2CC2)cc1. The first-order valence-corrected chi connectivity index (χ1v) is 13.3. The van der Waals surface area contributed by atoms with E-state index in [-0.39, 0.29) is 36.7 Å². The number of benzene rings is 3. The van der Waals surface area contributed by atoms with E-state index in [1.165, 1.54) is 0 Å². The Labute approximate surface area is 229 Å². The minimum absolute atomic E-state index is 0.0480. The molecule has 0 aromatic heterocycles. The number of carbonyl (C=O) groups is 2. The smallest absolute Gasteiger partial charge is 0.248 e. The highest BCUT2D eigenvalue weighted by atomic mass is 16.5. The third-order valence-electron chi connectivity index (χ3n) is 7.25.